The molecule has 0 radical (unpaired) electrons. The van der Waals surface area contributed by atoms with Crippen LogP contribution in [0.25, 0.3) is 0 Å². The van der Waals surface area contributed by atoms with Crippen LogP contribution >= 0.6 is 0 Å². The van der Waals surface area contributed by atoms with Gasteiger partial charge in [0.1, 0.15) is 6.26 Å². The molecule has 0 aliphatic rings. The van der Waals surface area contributed by atoms with Gasteiger partial charge in [-0.3, -0.25) is 0 Å². The molecule has 0 saturated carbocycles. The van der Waals surface area contributed by atoms with Gasteiger partial charge in [0.25, 0.3) is 0 Å². The SMILES string of the molecule is CCCCNc1cc(C(=O)O)cc([S+](C)[O-])c1C. The van der Waals surface area contributed by atoms with Gasteiger partial charge in [-0.15, -0.1) is 0 Å². The number of anilines is 1. The van der Waals surface area contributed by atoms with Crippen molar-refractivity contribution in [2.24, 2.45) is 0 Å². The number of rotatable bonds is 6. The smallest absolute Gasteiger partial charge is 0.335 e. The zero-order valence-electron chi connectivity index (χ0n) is 10.9. The van der Waals surface area contributed by atoms with E-state index in [0.29, 0.717) is 4.90 Å². The normalized spacial score (nSPS) is 12.2. The van der Waals surface area contributed by atoms with Gasteiger partial charge in [-0.25, -0.2) is 4.79 Å². The fraction of sp³-hybridized carbons (Fsp3) is 0.462. The molecule has 2 N–H and O–H groups in total. The van der Waals surface area contributed by atoms with Gasteiger partial charge in [-0.2, -0.15) is 0 Å². The fourth-order valence-electron chi connectivity index (χ4n) is 1.69. The third-order valence-electron chi connectivity index (χ3n) is 2.76. The standard InChI is InChI=1S/C13H19NO3S/c1-4-5-6-14-11-7-10(13(15)16)8-12(9(11)2)18(3)17/h7-8,14H,4-6H2,1-3H3,(H,15,16). The molecule has 1 aromatic rings. The third-order valence-corrected chi connectivity index (χ3v) is 3.81. The molecule has 1 atom stereocenters. The number of benzene rings is 1. The molecule has 1 rings (SSSR count). The predicted molar refractivity (Wildman–Crippen MR) is 73.9 cm³/mol. The molecule has 0 saturated heterocycles. The Morgan fingerprint density at radius 1 is 1.50 bits per heavy atom. The summed E-state index contributed by atoms with van der Waals surface area (Å²) in [5, 5.41) is 12.3. The van der Waals surface area contributed by atoms with Crippen molar-refractivity contribution in [3.8, 4) is 0 Å². The second kappa shape index (κ2) is 6.66. The molecule has 0 amide bonds. The van der Waals surface area contributed by atoms with Crippen molar-refractivity contribution in [2.75, 3.05) is 18.1 Å². The molecule has 100 valence electrons. The molecule has 5 heteroatoms. The first-order chi connectivity index (χ1) is 8.47. The van der Waals surface area contributed by atoms with Gasteiger partial charge in [0.15, 0.2) is 4.90 Å². The molecule has 0 aromatic heterocycles. The zero-order valence-corrected chi connectivity index (χ0v) is 11.8. The van der Waals surface area contributed by atoms with Crippen molar-refractivity contribution >= 4 is 22.8 Å². The Hall–Kier alpha value is -1.20. The highest BCUT2D eigenvalue weighted by molar-refractivity contribution is 7.90. The minimum absolute atomic E-state index is 0.171. The van der Waals surface area contributed by atoms with E-state index in [2.05, 4.69) is 12.2 Å². The van der Waals surface area contributed by atoms with E-state index in [1.165, 1.54) is 6.07 Å². The highest BCUT2D eigenvalue weighted by Crippen LogP contribution is 2.25. The van der Waals surface area contributed by atoms with Gasteiger partial charge in [0, 0.05) is 23.9 Å². The Kier molecular flexibility index (Phi) is 5.50. The number of carbonyl (C=O) groups is 1. The molecule has 0 aliphatic carbocycles. The average molecular weight is 269 g/mol. The van der Waals surface area contributed by atoms with Crippen LogP contribution in [0.3, 0.4) is 0 Å². The summed E-state index contributed by atoms with van der Waals surface area (Å²) in [6.07, 6.45) is 3.64. The first-order valence-corrected chi connectivity index (χ1v) is 7.48. The molecule has 1 unspecified atom stereocenters. The largest absolute Gasteiger partial charge is 0.612 e. The molecule has 1 aromatic carbocycles. The van der Waals surface area contributed by atoms with Gasteiger partial charge < -0.3 is 15.0 Å². The Bertz CT molecular complexity index is 432. The van der Waals surface area contributed by atoms with Crippen LogP contribution in [-0.4, -0.2) is 28.4 Å². The minimum Gasteiger partial charge on any atom is -0.612 e. The molecule has 4 nitrogen and oxygen atoms in total. The van der Waals surface area contributed by atoms with Gasteiger partial charge in [-0.1, -0.05) is 13.3 Å². The fourth-order valence-corrected chi connectivity index (χ4v) is 2.53. The third kappa shape index (κ3) is 3.65. The van der Waals surface area contributed by atoms with Crippen LogP contribution < -0.4 is 5.32 Å². The van der Waals surface area contributed by atoms with Crippen LogP contribution in [-0.2, 0) is 11.2 Å². The first kappa shape index (κ1) is 14.9. The van der Waals surface area contributed by atoms with Crippen molar-refractivity contribution in [3.05, 3.63) is 23.3 Å². The monoisotopic (exact) mass is 269 g/mol. The van der Waals surface area contributed by atoms with Gasteiger partial charge >= 0.3 is 5.97 Å². The highest BCUT2D eigenvalue weighted by Gasteiger charge is 2.17. The number of carboxylic acids is 1. The van der Waals surface area contributed by atoms with E-state index in [1.54, 1.807) is 12.3 Å². The van der Waals surface area contributed by atoms with Crippen LogP contribution in [0.5, 0.6) is 0 Å². The quantitative estimate of drug-likeness (QED) is 0.615. The number of unbranched alkanes of at least 4 members (excludes halogenated alkanes) is 1. The van der Waals surface area contributed by atoms with Crippen molar-refractivity contribution < 1.29 is 14.5 Å². The second-order valence-electron chi connectivity index (χ2n) is 4.19. The molecular weight excluding hydrogens is 250 g/mol. The van der Waals surface area contributed by atoms with Gasteiger partial charge in [-0.05, 0) is 30.6 Å². The van der Waals surface area contributed by atoms with Crippen LogP contribution in [0.4, 0.5) is 5.69 Å². The summed E-state index contributed by atoms with van der Waals surface area (Å²) in [5.41, 5.74) is 1.79. The summed E-state index contributed by atoms with van der Waals surface area (Å²) < 4.78 is 11.6. The number of hydrogen-bond acceptors (Lipinski definition) is 3. The van der Waals surface area contributed by atoms with E-state index < -0.39 is 17.1 Å². The summed E-state index contributed by atoms with van der Waals surface area (Å²) in [7, 11) is 0. The predicted octanol–water partition coefficient (Wildman–Crippen LogP) is 2.64. The van der Waals surface area contributed by atoms with Crippen molar-refractivity contribution in [3.63, 3.8) is 0 Å². The summed E-state index contributed by atoms with van der Waals surface area (Å²) in [6, 6.07) is 3.09. The van der Waals surface area contributed by atoms with E-state index in [4.69, 9.17) is 5.11 Å². The Morgan fingerprint density at radius 2 is 2.17 bits per heavy atom. The summed E-state index contributed by atoms with van der Waals surface area (Å²) >= 11 is -1.19. The minimum atomic E-state index is -1.19. The van der Waals surface area contributed by atoms with Crippen molar-refractivity contribution in [1.29, 1.82) is 0 Å². The van der Waals surface area contributed by atoms with E-state index in [9.17, 15) is 9.35 Å². The molecule has 0 aliphatic heterocycles. The lowest BCUT2D eigenvalue weighted by Gasteiger charge is -2.14. The van der Waals surface area contributed by atoms with Crippen LogP contribution in [0, 0.1) is 6.92 Å². The maximum atomic E-state index is 11.6. The summed E-state index contributed by atoms with van der Waals surface area (Å²) in [6.45, 7) is 4.74. The summed E-state index contributed by atoms with van der Waals surface area (Å²) in [4.78, 5) is 11.6. The number of aromatic carboxylic acids is 1. The van der Waals surface area contributed by atoms with Crippen LogP contribution in [0.15, 0.2) is 17.0 Å². The van der Waals surface area contributed by atoms with Crippen molar-refractivity contribution in [1.82, 2.24) is 0 Å². The number of hydrogen-bond donors (Lipinski definition) is 2. The van der Waals surface area contributed by atoms with Crippen LogP contribution in [0.2, 0.25) is 0 Å². The molecule has 0 spiro atoms. The Balaban J connectivity index is 3.10. The number of nitrogens with one attached hydrogen (secondary N) is 1. The molecular formula is C13H19NO3S. The van der Waals surface area contributed by atoms with Gasteiger partial charge in [0.2, 0.25) is 0 Å². The lowest BCUT2D eigenvalue weighted by Crippen LogP contribution is -2.10. The maximum absolute atomic E-state index is 11.6. The molecule has 0 fully saturated rings. The van der Waals surface area contributed by atoms with E-state index in [0.717, 1.165) is 30.6 Å². The maximum Gasteiger partial charge on any atom is 0.335 e. The van der Waals surface area contributed by atoms with Crippen LogP contribution in [0.1, 0.15) is 35.7 Å². The Morgan fingerprint density at radius 3 is 2.67 bits per heavy atom. The molecule has 18 heavy (non-hydrogen) atoms. The molecule has 0 bridgehead atoms. The van der Waals surface area contributed by atoms with E-state index in [-0.39, 0.29) is 5.56 Å². The first-order valence-electron chi connectivity index (χ1n) is 5.92. The lowest BCUT2D eigenvalue weighted by atomic mass is 10.1. The Labute approximate surface area is 111 Å². The average Bonchev–Trinajstić information content (AvgIpc) is 2.30. The van der Waals surface area contributed by atoms with Gasteiger partial charge in [0.05, 0.1) is 5.56 Å². The molecule has 0 heterocycles. The zero-order chi connectivity index (χ0) is 13.7. The topological polar surface area (TPSA) is 72.4 Å². The summed E-state index contributed by atoms with van der Waals surface area (Å²) in [5.74, 6) is -1.000. The lowest BCUT2D eigenvalue weighted by molar-refractivity contribution is 0.0696. The van der Waals surface area contributed by atoms with E-state index >= 15 is 0 Å². The number of carboxylic acid groups (broad SMARTS) is 1. The highest BCUT2D eigenvalue weighted by atomic mass is 32.2. The van der Waals surface area contributed by atoms with Crippen molar-refractivity contribution in [2.45, 2.75) is 31.6 Å². The second-order valence-corrected chi connectivity index (χ2v) is 5.53. The van der Waals surface area contributed by atoms with E-state index in [1.807, 2.05) is 6.92 Å².